The maximum Gasteiger partial charge on any atom is 0.326 e. The van der Waals surface area contributed by atoms with Crippen molar-refractivity contribution in [1.82, 2.24) is 30.2 Å². The minimum absolute atomic E-state index is 0.219. The fourth-order valence-electron chi connectivity index (χ4n) is 7.13. The van der Waals surface area contributed by atoms with Gasteiger partial charge in [0.2, 0.25) is 11.8 Å². The van der Waals surface area contributed by atoms with E-state index < -0.39 is 11.6 Å². The molecular weight excluding hydrogens is 683 g/mol. The summed E-state index contributed by atoms with van der Waals surface area (Å²) in [5.74, 6) is 1.50. The summed E-state index contributed by atoms with van der Waals surface area (Å²) >= 11 is 0. The number of carbonyl (C=O) groups is 1. The van der Waals surface area contributed by atoms with Crippen LogP contribution in [0.3, 0.4) is 0 Å². The molecule has 7 rings (SSSR count). The summed E-state index contributed by atoms with van der Waals surface area (Å²) in [5.41, 5.74) is 6.27. The molecule has 7 aromatic rings. The number of hydrogen-bond acceptors (Lipinski definition) is 7. The van der Waals surface area contributed by atoms with Crippen molar-refractivity contribution in [2.75, 3.05) is 28.6 Å². The number of rotatable bonds is 13. The van der Waals surface area contributed by atoms with Gasteiger partial charge < -0.3 is 10.2 Å². The number of anilines is 3. The number of hydrogen-bond donors (Lipinski definition) is 2. The van der Waals surface area contributed by atoms with E-state index in [9.17, 15) is 4.79 Å². The van der Waals surface area contributed by atoms with Crippen LogP contribution in [0.2, 0.25) is 0 Å². The van der Waals surface area contributed by atoms with Gasteiger partial charge >= 0.3 is 6.03 Å². The highest BCUT2D eigenvalue weighted by Crippen LogP contribution is 2.41. The summed E-state index contributed by atoms with van der Waals surface area (Å²) in [4.78, 5) is 25.8. The predicted octanol–water partition coefficient (Wildman–Crippen LogP) is 9.40. The summed E-state index contributed by atoms with van der Waals surface area (Å²) in [5, 5.41) is 20.6. The van der Waals surface area contributed by atoms with Gasteiger partial charge in [0.15, 0.2) is 5.54 Å². The summed E-state index contributed by atoms with van der Waals surface area (Å²) in [6.45, 7) is 10.5. The average molecular weight is 728 g/mol. The molecule has 0 fully saturated rings. The van der Waals surface area contributed by atoms with Gasteiger partial charge in [0.05, 0.1) is 11.4 Å². The Bertz CT molecular complexity index is 2210. The summed E-state index contributed by atoms with van der Waals surface area (Å²) < 4.78 is 0. The van der Waals surface area contributed by atoms with Crippen LogP contribution < -0.4 is 15.5 Å². The SMILES string of the molecule is CC(C)CN(CC(C)C)c1ccc(-c2ccccc2-c2nnn(C(c3ccccc3)(c3ccccc3)c3ccccc3)n2)cc1NC(=O)Nc1ncccn1. The van der Waals surface area contributed by atoms with Crippen LogP contribution in [0.15, 0.2) is 152 Å². The molecule has 2 heterocycles. The largest absolute Gasteiger partial charge is 0.369 e. The van der Waals surface area contributed by atoms with Crippen LogP contribution in [0.5, 0.6) is 0 Å². The van der Waals surface area contributed by atoms with E-state index in [1.165, 1.54) is 0 Å². The third-order valence-electron chi connectivity index (χ3n) is 9.31. The van der Waals surface area contributed by atoms with Crippen LogP contribution in [0.4, 0.5) is 22.1 Å². The van der Waals surface area contributed by atoms with Crippen LogP contribution in [-0.4, -0.2) is 49.3 Å². The lowest BCUT2D eigenvalue weighted by Crippen LogP contribution is -2.39. The molecule has 2 amide bonds. The lowest BCUT2D eigenvalue weighted by atomic mass is 9.77. The van der Waals surface area contributed by atoms with Crippen LogP contribution >= 0.6 is 0 Å². The lowest BCUT2D eigenvalue weighted by molar-refractivity contribution is 0.262. The van der Waals surface area contributed by atoms with Crippen molar-refractivity contribution in [3.05, 3.63) is 169 Å². The molecule has 0 aliphatic carbocycles. The normalized spacial score (nSPS) is 11.5. The second kappa shape index (κ2) is 16.6. The van der Waals surface area contributed by atoms with Crippen LogP contribution in [0.25, 0.3) is 22.5 Å². The molecule has 0 saturated carbocycles. The predicted molar refractivity (Wildman–Crippen MR) is 220 cm³/mol. The van der Waals surface area contributed by atoms with E-state index >= 15 is 0 Å². The van der Waals surface area contributed by atoms with Gasteiger partial charge in [-0.2, -0.15) is 0 Å². The Kier molecular flexibility index (Phi) is 11.0. The van der Waals surface area contributed by atoms with E-state index in [0.717, 1.165) is 52.2 Å². The zero-order valence-corrected chi connectivity index (χ0v) is 31.5. The molecule has 10 nitrogen and oxygen atoms in total. The zero-order valence-electron chi connectivity index (χ0n) is 31.5. The van der Waals surface area contributed by atoms with Crippen molar-refractivity contribution in [1.29, 1.82) is 0 Å². The van der Waals surface area contributed by atoms with Crippen LogP contribution in [-0.2, 0) is 5.54 Å². The molecule has 0 bridgehead atoms. The Morgan fingerprint density at radius 3 is 1.73 bits per heavy atom. The minimum Gasteiger partial charge on any atom is -0.369 e. The smallest absolute Gasteiger partial charge is 0.326 e. The number of benzene rings is 5. The first-order valence-electron chi connectivity index (χ1n) is 18.6. The molecule has 55 heavy (non-hydrogen) atoms. The highest BCUT2D eigenvalue weighted by Gasteiger charge is 2.41. The molecule has 2 aromatic heterocycles. The molecule has 5 aromatic carbocycles. The average Bonchev–Trinajstić information content (AvgIpc) is 3.70. The lowest BCUT2D eigenvalue weighted by Gasteiger charge is -2.34. The van der Waals surface area contributed by atoms with E-state index in [0.29, 0.717) is 23.3 Å². The van der Waals surface area contributed by atoms with Gasteiger partial charge in [-0.05, 0) is 63.1 Å². The summed E-state index contributed by atoms with van der Waals surface area (Å²) in [7, 11) is 0. The van der Waals surface area contributed by atoms with Crippen molar-refractivity contribution in [3.8, 4) is 22.5 Å². The molecule has 0 aliphatic heterocycles. The Hall–Kier alpha value is -6.68. The molecule has 0 saturated heterocycles. The second-order valence-electron chi connectivity index (χ2n) is 14.3. The van der Waals surface area contributed by atoms with Crippen LogP contribution in [0, 0.1) is 11.8 Å². The molecule has 2 N–H and O–H groups in total. The number of amides is 2. The number of tetrazole rings is 1. The minimum atomic E-state index is -0.908. The fourth-order valence-corrected chi connectivity index (χ4v) is 7.13. The topological polar surface area (TPSA) is 114 Å². The highest BCUT2D eigenvalue weighted by molar-refractivity contribution is 6.02. The van der Waals surface area contributed by atoms with Crippen molar-refractivity contribution in [2.45, 2.75) is 33.2 Å². The maximum atomic E-state index is 13.4. The van der Waals surface area contributed by atoms with Gasteiger partial charge in [0, 0.05) is 31.0 Å². The van der Waals surface area contributed by atoms with E-state index in [1.807, 2.05) is 84.9 Å². The fraction of sp³-hybridized carbons (Fsp3) is 0.200. The zero-order chi connectivity index (χ0) is 38.2. The number of nitrogens with zero attached hydrogens (tertiary/aromatic N) is 7. The third-order valence-corrected chi connectivity index (χ3v) is 9.31. The van der Waals surface area contributed by atoms with Gasteiger partial charge in [-0.15, -0.1) is 15.0 Å². The third kappa shape index (κ3) is 7.99. The van der Waals surface area contributed by atoms with E-state index in [-0.39, 0.29) is 5.95 Å². The number of urea groups is 1. The van der Waals surface area contributed by atoms with Crippen molar-refractivity contribution >= 4 is 23.4 Å². The number of carbonyl (C=O) groups excluding carboxylic acids is 1. The Morgan fingerprint density at radius 1 is 0.655 bits per heavy atom. The first-order valence-corrected chi connectivity index (χ1v) is 18.6. The van der Waals surface area contributed by atoms with Gasteiger partial charge in [0.1, 0.15) is 0 Å². The number of aromatic nitrogens is 6. The standard InChI is InChI=1S/C45H45N9O/c1-32(2)30-53(31-33(3)4)41-26-25-34(29-40(41)48-44(55)49-43-46-27-16-28-47-43)38-23-14-15-24-39(38)42-50-52-54(51-42)45(35-17-8-5-9-18-35,36-19-10-6-11-20-36)37-21-12-7-13-22-37/h5-29,32-33H,30-31H2,1-4H3,(H2,46,47,48,49,55). The van der Waals surface area contributed by atoms with Crippen molar-refractivity contribution < 1.29 is 4.79 Å². The monoisotopic (exact) mass is 727 g/mol. The maximum absolute atomic E-state index is 13.4. The molecule has 0 aliphatic rings. The number of nitrogens with one attached hydrogen (secondary N) is 2. The van der Waals surface area contributed by atoms with Crippen LogP contribution in [0.1, 0.15) is 44.4 Å². The second-order valence-corrected chi connectivity index (χ2v) is 14.3. The molecular formula is C45H45N9O. The molecule has 0 spiro atoms. The summed E-state index contributed by atoms with van der Waals surface area (Å²) in [6.07, 6.45) is 3.18. The van der Waals surface area contributed by atoms with E-state index in [2.05, 4.69) is 102 Å². The van der Waals surface area contributed by atoms with Crippen molar-refractivity contribution in [2.24, 2.45) is 11.8 Å². The molecule has 10 heteroatoms. The molecule has 0 atom stereocenters. The van der Waals surface area contributed by atoms with Gasteiger partial charge in [-0.1, -0.05) is 149 Å². The van der Waals surface area contributed by atoms with E-state index in [1.54, 1.807) is 23.3 Å². The quantitative estimate of drug-likeness (QED) is 0.114. The Balaban J connectivity index is 1.34. The van der Waals surface area contributed by atoms with Gasteiger partial charge in [-0.25, -0.2) is 14.8 Å². The molecule has 276 valence electrons. The van der Waals surface area contributed by atoms with Gasteiger partial charge in [0.25, 0.3) is 0 Å². The summed E-state index contributed by atoms with van der Waals surface area (Å²) in [6, 6.07) is 46.4. The highest BCUT2D eigenvalue weighted by atomic mass is 16.2. The molecule has 0 radical (unpaired) electrons. The van der Waals surface area contributed by atoms with Gasteiger partial charge in [-0.3, -0.25) is 5.32 Å². The Labute approximate surface area is 322 Å². The first kappa shape index (κ1) is 36.7. The van der Waals surface area contributed by atoms with E-state index in [4.69, 9.17) is 15.4 Å². The molecule has 0 unspecified atom stereocenters. The Morgan fingerprint density at radius 2 is 1.18 bits per heavy atom. The first-order chi connectivity index (χ1) is 26.8. The van der Waals surface area contributed by atoms with Crippen molar-refractivity contribution in [3.63, 3.8) is 0 Å².